The van der Waals surface area contributed by atoms with Crippen molar-refractivity contribution in [3.63, 3.8) is 0 Å². The Hall–Kier alpha value is -3.39. The minimum atomic E-state index is -0.381. The van der Waals surface area contributed by atoms with E-state index < -0.39 is 0 Å². The highest BCUT2D eigenvalue weighted by molar-refractivity contribution is 7.16. The van der Waals surface area contributed by atoms with Crippen LogP contribution in [0.2, 0.25) is 0 Å². The van der Waals surface area contributed by atoms with Crippen LogP contribution in [0.15, 0.2) is 54.6 Å². The SMILES string of the molecule is Cn1cc(-c2cc(F)c3c(Nc4ccc5ncsc5c4)ncnc3c2)cn1. The summed E-state index contributed by atoms with van der Waals surface area (Å²) in [6, 6.07) is 9.13. The second-order valence-electron chi connectivity index (χ2n) is 6.14. The monoisotopic (exact) mass is 376 g/mol. The Morgan fingerprint density at radius 1 is 1.04 bits per heavy atom. The standard InChI is InChI=1S/C19H13FN6S/c1-26-8-12(7-24-26)11-4-14(20)18-16(5-11)21-9-22-19(18)25-13-2-3-15-17(6-13)27-10-23-15/h2-10H,1H3,(H,21,22,25). The van der Waals surface area contributed by atoms with Crippen LogP contribution in [0.5, 0.6) is 0 Å². The number of halogens is 1. The third-order valence-electron chi connectivity index (χ3n) is 4.32. The van der Waals surface area contributed by atoms with Crippen molar-refractivity contribution < 1.29 is 4.39 Å². The molecule has 3 heterocycles. The summed E-state index contributed by atoms with van der Waals surface area (Å²) in [5.41, 5.74) is 5.65. The van der Waals surface area contributed by atoms with Crippen molar-refractivity contribution >= 4 is 44.0 Å². The molecule has 0 aliphatic heterocycles. The maximum atomic E-state index is 15.0. The quantitative estimate of drug-likeness (QED) is 0.501. The van der Waals surface area contributed by atoms with Gasteiger partial charge in [0.25, 0.3) is 0 Å². The van der Waals surface area contributed by atoms with Crippen LogP contribution in [0, 0.1) is 5.82 Å². The summed E-state index contributed by atoms with van der Waals surface area (Å²) in [5.74, 6) is 0.0485. The molecule has 0 spiro atoms. The Bertz CT molecular complexity index is 1290. The van der Waals surface area contributed by atoms with Crippen molar-refractivity contribution in [2.45, 2.75) is 0 Å². The molecule has 0 bridgehead atoms. The second kappa shape index (κ2) is 6.10. The Morgan fingerprint density at radius 2 is 1.96 bits per heavy atom. The van der Waals surface area contributed by atoms with E-state index in [9.17, 15) is 4.39 Å². The first-order valence-electron chi connectivity index (χ1n) is 8.21. The molecule has 0 aliphatic carbocycles. The second-order valence-corrected chi connectivity index (χ2v) is 7.02. The molecular formula is C19H13FN6S. The third-order valence-corrected chi connectivity index (χ3v) is 5.11. The molecule has 0 radical (unpaired) electrons. The van der Waals surface area contributed by atoms with E-state index in [2.05, 4.69) is 25.4 Å². The van der Waals surface area contributed by atoms with Crippen molar-refractivity contribution in [2.75, 3.05) is 5.32 Å². The topological polar surface area (TPSA) is 68.5 Å². The zero-order valence-electron chi connectivity index (χ0n) is 14.2. The number of nitrogens with one attached hydrogen (secondary N) is 1. The van der Waals surface area contributed by atoms with Gasteiger partial charge >= 0.3 is 0 Å². The lowest BCUT2D eigenvalue weighted by Gasteiger charge is -2.10. The summed E-state index contributed by atoms with van der Waals surface area (Å²) in [6.07, 6.45) is 4.97. The molecular weight excluding hydrogens is 363 g/mol. The molecule has 0 unspecified atom stereocenters. The van der Waals surface area contributed by atoms with Gasteiger partial charge in [0.1, 0.15) is 18.0 Å². The number of aromatic nitrogens is 5. The molecule has 0 saturated heterocycles. The molecule has 1 N–H and O–H groups in total. The van der Waals surface area contributed by atoms with Crippen molar-refractivity contribution in [2.24, 2.45) is 7.05 Å². The number of fused-ring (bicyclic) bond motifs is 2. The van der Waals surface area contributed by atoms with E-state index in [1.54, 1.807) is 27.7 Å². The average Bonchev–Trinajstić information content (AvgIpc) is 3.30. The lowest BCUT2D eigenvalue weighted by atomic mass is 10.1. The molecule has 0 aliphatic rings. The van der Waals surface area contributed by atoms with Crippen LogP contribution in [0.3, 0.4) is 0 Å². The van der Waals surface area contributed by atoms with E-state index in [-0.39, 0.29) is 5.82 Å². The van der Waals surface area contributed by atoms with Gasteiger partial charge in [-0.3, -0.25) is 4.68 Å². The maximum absolute atomic E-state index is 15.0. The van der Waals surface area contributed by atoms with Gasteiger partial charge in [0, 0.05) is 24.5 Å². The molecule has 0 saturated carbocycles. The first-order valence-corrected chi connectivity index (χ1v) is 9.09. The number of thiazole rings is 1. The van der Waals surface area contributed by atoms with Gasteiger partial charge in [-0.2, -0.15) is 5.10 Å². The first kappa shape index (κ1) is 15.8. The summed E-state index contributed by atoms with van der Waals surface area (Å²) in [5, 5.41) is 7.70. The van der Waals surface area contributed by atoms with Crippen LogP contribution >= 0.6 is 11.3 Å². The van der Waals surface area contributed by atoms with E-state index in [4.69, 9.17) is 0 Å². The molecule has 2 aromatic carbocycles. The highest BCUT2D eigenvalue weighted by Crippen LogP contribution is 2.31. The van der Waals surface area contributed by atoms with Crippen LogP contribution in [-0.2, 0) is 7.05 Å². The van der Waals surface area contributed by atoms with Crippen molar-refractivity contribution in [3.05, 3.63) is 60.4 Å². The Labute approximate surface area is 157 Å². The molecule has 3 aromatic heterocycles. The molecule has 8 heteroatoms. The molecule has 0 amide bonds. The van der Waals surface area contributed by atoms with Gasteiger partial charge in [-0.1, -0.05) is 0 Å². The zero-order chi connectivity index (χ0) is 18.4. The van der Waals surface area contributed by atoms with E-state index >= 15 is 0 Å². The smallest absolute Gasteiger partial charge is 0.144 e. The molecule has 132 valence electrons. The normalized spacial score (nSPS) is 11.3. The summed E-state index contributed by atoms with van der Waals surface area (Å²) in [4.78, 5) is 12.8. The van der Waals surface area contributed by atoms with E-state index in [0.29, 0.717) is 16.7 Å². The number of benzene rings is 2. The van der Waals surface area contributed by atoms with Gasteiger partial charge in [-0.15, -0.1) is 11.3 Å². The maximum Gasteiger partial charge on any atom is 0.144 e. The summed E-state index contributed by atoms with van der Waals surface area (Å²) in [7, 11) is 1.82. The lowest BCUT2D eigenvalue weighted by molar-refractivity contribution is 0.640. The van der Waals surface area contributed by atoms with E-state index in [0.717, 1.165) is 27.0 Å². The number of hydrogen-bond acceptors (Lipinski definition) is 6. The predicted octanol–water partition coefficient (Wildman–Crippen LogP) is 4.52. The van der Waals surface area contributed by atoms with Crippen molar-refractivity contribution in [1.82, 2.24) is 24.7 Å². The van der Waals surface area contributed by atoms with Crippen molar-refractivity contribution in [1.29, 1.82) is 0 Å². The van der Waals surface area contributed by atoms with Crippen molar-refractivity contribution in [3.8, 4) is 11.1 Å². The zero-order valence-corrected chi connectivity index (χ0v) is 15.0. The number of anilines is 2. The highest BCUT2D eigenvalue weighted by atomic mass is 32.1. The summed E-state index contributed by atoms with van der Waals surface area (Å²) >= 11 is 1.55. The Morgan fingerprint density at radius 3 is 2.81 bits per heavy atom. The largest absolute Gasteiger partial charge is 0.339 e. The molecule has 6 nitrogen and oxygen atoms in total. The fourth-order valence-corrected chi connectivity index (χ4v) is 3.76. The molecule has 27 heavy (non-hydrogen) atoms. The molecule has 5 aromatic rings. The van der Waals surface area contributed by atoms with E-state index in [1.165, 1.54) is 12.4 Å². The minimum Gasteiger partial charge on any atom is -0.339 e. The third kappa shape index (κ3) is 2.80. The number of rotatable bonds is 3. The van der Waals surface area contributed by atoms with Crippen LogP contribution < -0.4 is 5.32 Å². The minimum absolute atomic E-state index is 0.356. The number of hydrogen-bond donors (Lipinski definition) is 1. The average molecular weight is 376 g/mol. The van der Waals surface area contributed by atoms with E-state index in [1.807, 2.05) is 37.5 Å². The Balaban J connectivity index is 1.60. The van der Waals surface area contributed by atoms with Crippen LogP contribution in [0.4, 0.5) is 15.9 Å². The summed E-state index contributed by atoms with van der Waals surface area (Å²) in [6.45, 7) is 0. The lowest BCUT2D eigenvalue weighted by Crippen LogP contribution is -1.98. The Kier molecular flexibility index (Phi) is 3.58. The van der Waals surface area contributed by atoms with Gasteiger partial charge in [-0.25, -0.2) is 19.3 Å². The van der Waals surface area contributed by atoms with Crippen LogP contribution in [-0.4, -0.2) is 24.7 Å². The van der Waals surface area contributed by atoms with Crippen LogP contribution in [0.1, 0.15) is 0 Å². The van der Waals surface area contributed by atoms with Gasteiger partial charge in [0.05, 0.1) is 32.8 Å². The van der Waals surface area contributed by atoms with Gasteiger partial charge in [0.15, 0.2) is 0 Å². The fourth-order valence-electron chi connectivity index (χ4n) is 3.04. The van der Waals surface area contributed by atoms with Gasteiger partial charge in [-0.05, 0) is 35.9 Å². The highest BCUT2D eigenvalue weighted by Gasteiger charge is 2.13. The van der Waals surface area contributed by atoms with Gasteiger partial charge < -0.3 is 5.32 Å². The fraction of sp³-hybridized carbons (Fsp3) is 0.0526. The molecule has 5 rings (SSSR count). The predicted molar refractivity (Wildman–Crippen MR) is 105 cm³/mol. The first-order chi connectivity index (χ1) is 13.2. The molecule has 0 fully saturated rings. The number of aryl methyl sites for hydroxylation is 1. The van der Waals surface area contributed by atoms with Crippen LogP contribution in [0.25, 0.3) is 32.2 Å². The summed E-state index contributed by atoms with van der Waals surface area (Å²) < 4.78 is 17.7. The number of nitrogens with zero attached hydrogens (tertiary/aromatic N) is 5. The molecule has 0 atom stereocenters. The van der Waals surface area contributed by atoms with Gasteiger partial charge in [0.2, 0.25) is 0 Å².